The number of piperazine rings is 1. The minimum absolute atomic E-state index is 0.0177. The summed E-state index contributed by atoms with van der Waals surface area (Å²) >= 11 is 0. The van der Waals surface area contributed by atoms with Crippen molar-refractivity contribution < 1.29 is 38.6 Å². The van der Waals surface area contributed by atoms with Crippen LogP contribution in [0.2, 0.25) is 0 Å². The first-order chi connectivity index (χ1) is 24.2. The van der Waals surface area contributed by atoms with Crippen molar-refractivity contribution in [2.24, 2.45) is 5.92 Å². The number of carbonyl (C=O) groups excluding carboxylic acids is 5. The largest absolute Gasteiger partial charge is 0.467 e. The van der Waals surface area contributed by atoms with E-state index in [-0.39, 0.29) is 87.0 Å². The van der Waals surface area contributed by atoms with E-state index in [0.717, 1.165) is 32.1 Å². The Morgan fingerprint density at radius 3 is 2.26 bits per heavy atom. The number of benzene rings is 1. The highest BCUT2D eigenvalue weighted by Crippen LogP contribution is 2.28. The van der Waals surface area contributed by atoms with Crippen LogP contribution >= 0.6 is 0 Å². The summed E-state index contributed by atoms with van der Waals surface area (Å²) in [6, 6.07) is 8.90. The maximum atomic E-state index is 13.7. The average molecular weight is 693 g/mol. The summed E-state index contributed by atoms with van der Waals surface area (Å²) in [5.41, 5.74) is 0.505. The summed E-state index contributed by atoms with van der Waals surface area (Å²) in [6.45, 7) is 0.845. The van der Waals surface area contributed by atoms with Gasteiger partial charge < -0.3 is 40.5 Å². The van der Waals surface area contributed by atoms with E-state index in [1.807, 2.05) is 6.07 Å². The molecule has 0 unspecified atom stereocenters. The first-order valence-corrected chi connectivity index (χ1v) is 17.4. The van der Waals surface area contributed by atoms with E-state index in [9.17, 15) is 33.9 Å². The molecular formula is C34H44N8O8. The Kier molecular flexibility index (Phi) is 10.8. The van der Waals surface area contributed by atoms with Gasteiger partial charge in [0.25, 0.3) is 11.8 Å². The molecule has 4 N–H and O–H groups in total. The molecule has 0 bridgehead atoms. The number of amides is 6. The van der Waals surface area contributed by atoms with Gasteiger partial charge in [-0.15, -0.1) is 0 Å². The molecular weight excluding hydrogens is 648 g/mol. The van der Waals surface area contributed by atoms with E-state index in [0.29, 0.717) is 25.1 Å². The summed E-state index contributed by atoms with van der Waals surface area (Å²) in [7, 11) is 0. The Bertz CT molecular complexity index is 1580. The van der Waals surface area contributed by atoms with Crippen LogP contribution in [0.15, 0.2) is 36.4 Å². The standard InChI is InChI=1S/C34H44N8O8/c43-28(41-15-5-10-27(41)32(46)36-23-6-4-7-23)21-50-29-20-26(38-42(29)24-8-2-1-3-9-24)31(45)37-25(13-14-35-30(44)22-11-12-22)33(47)39-16-18-40(19-17-39)34(48)49/h1-3,8-9,20,22-23,25,27H,4-7,10-19,21H2,(H,35,44)(H,36,46)(H,37,45)(H,48,49)/t25-,27-/m0/s1. The SMILES string of the molecule is O=C(N[C@@H](CCNC(=O)C1CC1)C(=O)N1CCN(C(=O)O)CC1)c1cc(OCC(=O)N2CCC[C@H]2C(=O)NC2CCC2)n(-c2ccccc2)n1. The molecule has 16 heteroatoms. The van der Waals surface area contributed by atoms with Crippen LogP contribution in [-0.2, 0) is 19.2 Å². The van der Waals surface area contributed by atoms with Crippen molar-refractivity contribution in [2.45, 2.75) is 69.5 Å². The second-order valence-electron chi connectivity index (χ2n) is 13.3. The van der Waals surface area contributed by atoms with Crippen LogP contribution in [0.25, 0.3) is 5.69 Å². The third-order valence-corrected chi connectivity index (χ3v) is 9.73. The van der Waals surface area contributed by atoms with Crippen molar-refractivity contribution in [1.29, 1.82) is 0 Å². The number of hydrogen-bond acceptors (Lipinski definition) is 8. The Labute approximate surface area is 289 Å². The molecule has 1 aromatic heterocycles. The monoisotopic (exact) mass is 692 g/mol. The van der Waals surface area contributed by atoms with Crippen LogP contribution in [0.3, 0.4) is 0 Å². The smallest absolute Gasteiger partial charge is 0.407 e. The van der Waals surface area contributed by atoms with Crippen molar-refractivity contribution in [1.82, 2.24) is 40.4 Å². The molecule has 4 aliphatic rings. The molecule has 16 nitrogen and oxygen atoms in total. The maximum absolute atomic E-state index is 13.7. The van der Waals surface area contributed by atoms with Gasteiger partial charge in [0.1, 0.15) is 12.1 Å². The van der Waals surface area contributed by atoms with Gasteiger partial charge in [0.2, 0.25) is 23.6 Å². The topological polar surface area (TPSA) is 196 Å². The minimum Gasteiger partial charge on any atom is -0.467 e. The van der Waals surface area contributed by atoms with Gasteiger partial charge in [-0.3, -0.25) is 24.0 Å². The van der Waals surface area contributed by atoms with Crippen LogP contribution in [0.5, 0.6) is 5.88 Å². The fraction of sp³-hybridized carbons (Fsp3) is 0.559. The van der Waals surface area contributed by atoms with Crippen molar-refractivity contribution in [3.05, 3.63) is 42.1 Å². The van der Waals surface area contributed by atoms with Crippen LogP contribution in [0.4, 0.5) is 4.79 Å². The van der Waals surface area contributed by atoms with Gasteiger partial charge in [0.05, 0.1) is 5.69 Å². The summed E-state index contributed by atoms with van der Waals surface area (Å²) in [5.74, 6) is -1.55. The normalized spacial score (nSPS) is 19.7. The number of para-hydroxylation sites is 1. The Morgan fingerprint density at radius 2 is 1.60 bits per heavy atom. The lowest BCUT2D eigenvalue weighted by Crippen LogP contribution is -2.56. The molecule has 2 saturated carbocycles. The van der Waals surface area contributed by atoms with Gasteiger partial charge in [-0.25, -0.2) is 9.48 Å². The molecule has 4 fully saturated rings. The number of nitrogens with one attached hydrogen (secondary N) is 3. The van der Waals surface area contributed by atoms with Gasteiger partial charge in [-0.05, 0) is 63.5 Å². The van der Waals surface area contributed by atoms with Gasteiger partial charge in [0, 0.05) is 57.3 Å². The van der Waals surface area contributed by atoms with Crippen LogP contribution in [0.1, 0.15) is 61.9 Å². The van der Waals surface area contributed by atoms with Crippen molar-refractivity contribution in [2.75, 3.05) is 45.9 Å². The predicted molar refractivity (Wildman–Crippen MR) is 177 cm³/mol. The van der Waals surface area contributed by atoms with E-state index in [2.05, 4.69) is 21.0 Å². The quantitative estimate of drug-likeness (QED) is 0.234. The minimum atomic E-state index is -1.06. The highest BCUT2D eigenvalue weighted by Gasteiger charge is 2.36. The van der Waals surface area contributed by atoms with E-state index in [4.69, 9.17) is 4.74 Å². The van der Waals surface area contributed by atoms with Gasteiger partial charge in [0.15, 0.2) is 12.3 Å². The number of aromatic nitrogens is 2. The average Bonchev–Trinajstić information content (AvgIpc) is 3.68. The molecule has 6 rings (SSSR count). The number of ether oxygens (including phenoxy) is 1. The summed E-state index contributed by atoms with van der Waals surface area (Å²) < 4.78 is 7.35. The van der Waals surface area contributed by atoms with Gasteiger partial charge in [-0.2, -0.15) is 5.10 Å². The first-order valence-electron chi connectivity index (χ1n) is 17.4. The Morgan fingerprint density at radius 1 is 0.880 bits per heavy atom. The van der Waals surface area contributed by atoms with Crippen molar-refractivity contribution in [3.63, 3.8) is 0 Å². The van der Waals surface area contributed by atoms with Crippen molar-refractivity contribution in [3.8, 4) is 11.6 Å². The summed E-state index contributed by atoms with van der Waals surface area (Å²) in [6.07, 6.45) is 4.98. The van der Waals surface area contributed by atoms with Crippen LogP contribution in [-0.4, -0.2) is 129 Å². The number of likely N-dealkylation sites (tertiary alicyclic amines) is 1. The zero-order valence-corrected chi connectivity index (χ0v) is 27.9. The lowest BCUT2D eigenvalue weighted by molar-refractivity contribution is -0.140. The Balaban J connectivity index is 1.14. The van der Waals surface area contributed by atoms with Gasteiger partial charge in [-0.1, -0.05) is 18.2 Å². The van der Waals surface area contributed by atoms with Crippen LogP contribution in [0, 0.1) is 5.92 Å². The fourth-order valence-electron chi connectivity index (χ4n) is 6.40. The van der Waals surface area contributed by atoms with E-state index >= 15 is 0 Å². The molecule has 0 spiro atoms. The molecule has 2 aromatic rings. The zero-order chi connectivity index (χ0) is 35.2. The fourth-order valence-corrected chi connectivity index (χ4v) is 6.40. The highest BCUT2D eigenvalue weighted by molar-refractivity contribution is 5.96. The second-order valence-corrected chi connectivity index (χ2v) is 13.3. The van der Waals surface area contributed by atoms with Crippen molar-refractivity contribution >= 4 is 35.6 Å². The molecule has 2 saturated heterocycles. The molecule has 268 valence electrons. The molecule has 2 aliphatic heterocycles. The third kappa shape index (κ3) is 8.34. The van der Waals surface area contributed by atoms with E-state index < -0.39 is 30.0 Å². The lowest BCUT2D eigenvalue weighted by atomic mass is 9.93. The highest BCUT2D eigenvalue weighted by atomic mass is 16.5. The molecule has 2 atom stereocenters. The number of rotatable bonds is 13. The molecule has 2 aliphatic carbocycles. The molecule has 0 radical (unpaired) electrons. The molecule has 50 heavy (non-hydrogen) atoms. The second kappa shape index (κ2) is 15.6. The number of hydrogen-bond donors (Lipinski definition) is 4. The number of carbonyl (C=O) groups is 6. The van der Waals surface area contributed by atoms with E-state index in [1.54, 1.807) is 29.2 Å². The Hall–Kier alpha value is -5.15. The third-order valence-electron chi connectivity index (χ3n) is 9.73. The van der Waals surface area contributed by atoms with Gasteiger partial charge >= 0.3 is 6.09 Å². The molecule has 6 amide bonds. The molecule has 3 heterocycles. The lowest BCUT2D eigenvalue weighted by Gasteiger charge is -2.35. The summed E-state index contributed by atoms with van der Waals surface area (Å²) in [4.78, 5) is 81.4. The number of carboxylic acid groups (broad SMARTS) is 1. The summed E-state index contributed by atoms with van der Waals surface area (Å²) in [5, 5.41) is 22.4. The predicted octanol–water partition coefficient (Wildman–Crippen LogP) is 0.748. The number of nitrogens with zero attached hydrogens (tertiary/aromatic N) is 5. The zero-order valence-electron chi connectivity index (χ0n) is 27.9. The first kappa shape index (κ1) is 34.7. The maximum Gasteiger partial charge on any atom is 0.407 e. The molecule has 1 aromatic carbocycles. The van der Waals surface area contributed by atoms with Crippen LogP contribution < -0.4 is 20.7 Å². The van der Waals surface area contributed by atoms with E-state index in [1.165, 1.54) is 20.5 Å².